The second-order valence-electron chi connectivity index (χ2n) is 9.28. The van der Waals surface area contributed by atoms with Crippen LogP contribution in [0.3, 0.4) is 0 Å². The van der Waals surface area contributed by atoms with E-state index in [1.165, 1.54) is 36.5 Å². The minimum absolute atomic E-state index is 0.00727. The minimum atomic E-state index is -4.62. The van der Waals surface area contributed by atoms with Crippen molar-refractivity contribution >= 4 is 38.7 Å². The second kappa shape index (κ2) is 11.6. The summed E-state index contributed by atoms with van der Waals surface area (Å²) in [5.41, 5.74) is 0.458. The van der Waals surface area contributed by atoms with E-state index in [2.05, 4.69) is 26.0 Å². The Morgan fingerprint density at radius 1 is 1.05 bits per heavy atom. The summed E-state index contributed by atoms with van der Waals surface area (Å²) >= 11 is 3.33. The molecule has 0 fully saturated rings. The Kier molecular flexibility index (Phi) is 7.90. The van der Waals surface area contributed by atoms with Gasteiger partial charge in [-0.05, 0) is 58.7 Å². The Morgan fingerprint density at radius 3 is 2.55 bits per heavy atom. The number of nitro groups is 1. The Morgan fingerprint density at radius 2 is 1.81 bits per heavy atom. The molecule has 0 N–H and O–H groups in total. The highest BCUT2D eigenvalue weighted by Gasteiger charge is 2.31. The molecule has 0 unspecified atom stereocenters. The Bertz CT molecular complexity index is 1920. The largest absolute Gasteiger partial charge is 0.481 e. The van der Waals surface area contributed by atoms with Crippen molar-refractivity contribution in [2.24, 2.45) is 5.10 Å². The van der Waals surface area contributed by atoms with Gasteiger partial charge in [0.2, 0.25) is 5.75 Å². The van der Waals surface area contributed by atoms with Crippen LogP contribution in [-0.4, -0.2) is 20.8 Å². The van der Waals surface area contributed by atoms with Crippen molar-refractivity contribution in [2.75, 3.05) is 0 Å². The predicted octanol–water partition coefficient (Wildman–Crippen LogP) is 7.52. The van der Waals surface area contributed by atoms with E-state index in [1.807, 2.05) is 31.2 Å². The van der Waals surface area contributed by atoms with Gasteiger partial charge in [0.1, 0.15) is 6.61 Å². The maximum absolute atomic E-state index is 13.4. The van der Waals surface area contributed by atoms with Crippen molar-refractivity contribution in [3.63, 3.8) is 0 Å². The Hall–Kier alpha value is -4.84. The van der Waals surface area contributed by atoms with Crippen LogP contribution in [0.25, 0.3) is 22.3 Å². The maximum atomic E-state index is 13.4. The zero-order chi connectivity index (χ0) is 30.0. The molecule has 0 saturated heterocycles. The van der Waals surface area contributed by atoms with Crippen molar-refractivity contribution in [3.05, 3.63) is 132 Å². The molecule has 212 valence electrons. The fraction of sp³-hybridized carbons (Fsp3) is 0.100. The van der Waals surface area contributed by atoms with Gasteiger partial charge in [0, 0.05) is 17.2 Å². The third-order valence-corrected chi connectivity index (χ3v) is 6.82. The number of ether oxygens (including phenoxy) is 1. The molecule has 0 amide bonds. The highest BCUT2D eigenvalue weighted by molar-refractivity contribution is 9.10. The molecule has 0 saturated carbocycles. The number of alkyl halides is 3. The zero-order valence-electron chi connectivity index (χ0n) is 21.8. The molecule has 0 aliphatic heterocycles. The highest BCUT2D eigenvalue weighted by Crippen LogP contribution is 2.37. The fourth-order valence-corrected chi connectivity index (χ4v) is 4.87. The van der Waals surface area contributed by atoms with Gasteiger partial charge in [0.15, 0.2) is 5.82 Å². The van der Waals surface area contributed by atoms with Gasteiger partial charge in [-0.1, -0.05) is 54.1 Å². The lowest BCUT2D eigenvalue weighted by Gasteiger charge is -2.12. The molecule has 1 heterocycles. The summed E-state index contributed by atoms with van der Waals surface area (Å²) in [6.07, 6.45) is -3.42. The Balaban J connectivity index is 1.58. The third kappa shape index (κ3) is 6.08. The Labute approximate surface area is 245 Å². The van der Waals surface area contributed by atoms with E-state index in [4.69, 9.17) is 4.74 Å². The van der Waals surface area contributed by atoms with Crippen LogP contribution < -0.4 is 10.3 Å². The summed E-state index contributed by atoms with van der Waals surface area (Å²) in [4.78, 5) is 29.2. The van der Waals surface area contributed by atoms with Crippen LogP contribution in [0.4, 0.5) is 18.9 Å². The topological polar surface area (TPSA) is 99.6 Å². The second-order valence-corrected chi connectivity index (χ2v) is 10.1. The van der Waals surface area contributed by atoms with Crippen LogP contribution in [0, 0.1) is 17.0 Å². The van der Waals surface area contributed by atoms with Crippen molar-refractivity contribution in [1.29, 1.82) is 0 Å². The standard InChI is InChI=1S/C30H20BrF3N4O4/c1-18-6-4-7-19(12-18)17-42-27-24(31)13-20(14-26(27)38(40)41)16-35-37-28(21-8-5-9-22(15-21)30(32,33)34)36-25-11-3-2-10-23(25)29(37)39/h2-16H,17H2,1H3. The molecule has 42 heavy (non-hydrogen) atoms. The van der Waals surface area contributed by atoms with Crippen LogP contribution in [0.15, 0.2) is 99.3 Å². The lowest BCUT2D eigenvalue weighted by atomic mass is 10.1. The van der Waals surface area contributed by atoms with Gasteiger partial charge >= 0.3 is 11.9 Å². The van der Waals surface area contributed by atoms with Gasteiger partial charge < -0.3 is 4.74 Å². The first-order valence-corrected chi connectivity index (χ1v) is 13.2. The van der Waals surface area contributed by atoms with Gasteiger partial charge in [-0.3, -0.25) is 14.9 Å². The monoisotopic (exact) mass is 636 g/mol. The summed E-state index contributed by atoms with van der Waals surface area (Å²) in [5, 5.41) is 16.3. The fourth-order valence-electron chi connectivity index (χ4n) is 4.29. The molecule has 8 nitrogen and oxygen atoms in total. The molecule has 0 spiro atoms. The first-order valence-electron chi connectivity index (χ1n) is 12.4. The zero-order valence-corrected chi connectivity index (χ0v) is 23.4. The number of aromatic nitrogens is 2. The molecule has 0 bridgehead atoms. The average Bonchev–Trinajstić information content (AvgIpc) is 2.95. The number of para-hydroxylation sites is 1. The van der Waals surface area contributed by atoms with E-state index in [0.29, 0.717) is 0 Å². The van der Waals surface area contributed by atoms with Crippen LogP contribution in [-0.2, 0) is 12.8 Å². The van der Waals surface area contributed by atoms with Gasteiger partial charge in [0.05, 0.1) is 32.1 Å². The first-order chi connectivity index (χ1) is 20.0. The minimum Gasteiger partial charge on any atom is -0.481 e. The van der Waals surface area contributed by atoms with E-state index in [0.717, 1.165) is 27.9 Å². The normalized spacial score (nSPS) is 11.7. The molecule has 12 heteroatoms. The lowest BCUT2D eigenvalue weighted by Crippen LogP contribution is -2.20. The van der Waals surface area contributed by atoms with E-state index in [-0.39, 0.29) is 50.4 Å². The summed E-state index contributed by atoms with van der Waals surface area (Å²) in [5.74, 6) is -0.124. The van der Waals surface area contributed by atoms with E-state index in [1.54, 1.807) is 18.2 Å². The van der Waals surface area contributed by atoms with E-state index in [9.17, 15) is 28.1 Å². The number of nitrogens with zero attached hydrogens (tertiary/aromatic N) is 4. The van der Waals surface area contributed by atoms with Gasteiger partial charge in [0.25, 0.3) is 5.56 Å². The van der Waals surface area contributed by atoms with Gasteiger partial charge in [-0.2, -0.15) is 22.9 Å². The van der Waals surface area contributed by atoms with Gasteiger partial charge in [-0.15, -0.1) is 0 Å². The number of nitro benzene ring substituents is 1. The lowest BCUT2D eigenvalue weighted by molar-refractivity contribution is -0.386. The summed E-state index contributed by atoms with van der Waals surface area (Å²) in [7, 11) is 0. The SMILES string of the molecule is Cc1cccc(COc2c(Br)cc(C=Nn3c(-c4cccc(C(F)(F)F)c4)nc4ccccc4c3=O)cc2[N+](=O)[O-])c1. The molecule has 1 aromatic heterocycles. The molecule has 4 aromatic carbocycles. The third-order valence-electron chi connectivity index (χ3n) is 6.23. The summed E-state index contributed by atoms with van der Waals surface area (Å²) < 4.78 is 47.2. The molecule has 0 radical (unpaired) electrons. The van der Waals surface area contributed by atoms with Gasteiger partial charge in [-0.25, -0.2) is 4.98 Å². The van der Waals surface area contributed by atoms with Crippen LogP contribution in [0.5, 0.6) is 5.75 Å². The molecular weight excluding hydrogens is 617 g/mol. The summed E-state index contributed by atoms with van der Waals surface area (Å²) in [6.45, 7) is 2.01. The molecule has 5 aromatic rings. The van der Waals surface area contributed by atoms with Crippen molar-refractivity contribution < 1.29 is 22.8 Å². The number of hydrogen-bond donors (Lipinski definition) is 0. The van der Waals surface area contributed by atoms with Crippen LogP contribution in [0.1, 0.15) is 22.3 Å². The molecule has 0 aliphatic rings. The quantitative estimate of drug-likeness (QED) is 0.104. The number of aryl methyl sites for hydroxylation is 1. The molecule has 0 aliphatic carbocycles. The van der Waals surface area contributed by atoms with Crippen molar-refractivity contribution in [2.45, 2.75) is 19.7 Å². The van der Waals surface area contributed by atoms with E-state index >= 15 is 0 Å². The van der Waals surface area contributed by atoms with Crippen molar-refractivity contribution in [3.8, 4) is 17.1 Å². The highest BCUT2D eigenvalue weighted by atomic mass is 79.9. The first kappa shape index (κ1) is 28.7. The smallest absolute Gasteiger partial charge is 0.416 e. The molecular formula is C30H20BrF3N4O4. The number of rotatable bonds is 7. The molecule has 0 atom stereocenters. The maximum Gasteiger partial charge on any atom is 0.416 e. The average molecular weight is 637 g/mol. The molecule has 5 rings (SSSR count). The van der Waals surface area contributed by atoms with E-state index < -0.39 is 22.2 Å². The predicted molar refractivity (Wildman–Crippen MR) is 156 cm³/mol. The number of hydrogen-bond acceptors (Lipinski definition) is 6. The van der Waals surface area contributed by atoms with Crippen LogP contribution in [0.2, 0.25) is 0 Å². The number of halogens is 4. The van der Waals surface area contributed by atoms with Crippen molar-refractivity contribution in [1.82, 2.24) is 9.66 Å². The number of fused-ring (bicyclic) bond motifs is 1. The summed E-state index contributed by atoms with van der Waals surface area (Å²) in [6, 6.07) is 21.0. The van der Waals surface area contributed by atoms with Crippen LogP contribution >= 0.6 is 15.9 Å². The number of benzene rings is 4.